The molecule has 0 amide bonds. The number of methoxy groups -OCH3 is 1. The van der Waals surface area contributed by atoms with Crippen LogP contribution in [0.25, 0.3) is 11.8 Å². The van der Waals surface area contributed by atoms with Gasteiger partial charge in [-0.3, -0.25) is 19.5 Å². The molecule has 0 spiro atoms. The van der Waals surface area contributed by atoms with Crippen LogP contribution in [0, 0.1) is 10.1 Å². The smallest absolute Gasteiger partial charge is 0.433 e. The molecular weight excluding hydrogens is 450 g/mol. The number of furan rings is 1. The molecule has 11 heteroatoms. The van der Waals surface area contributed by atoms with Gasteiger partial charge in [-0.2, -0.15) is 0 Å². The molecule has 10 nitrogen and oxygen atoms in total. The molecule has 0 saturated carbocycles. The Bertz CT molecular complexity index is 1440. The Hall–Kier alpha value is -3.99. The fraction of sp³-hybridized carbons (Fsp3) is 0.227. The molecule has 1 atom stereocenters. The minimum atomic E-state index is -0.675. The topological polar surface area (TPSA) is 126 Å². The van der Waals surface area contributed by atoms with E-state index in [9.17, 15) is 19.7 Å². The number of nitrogens with zero attached hydrogens (tertiary/aromatic N) is 3. The predicted octanol–water partition coefficient (Wildman–Crippen LogP) is 2.42. The van der Waals surface area contributed by atoms with Crippen LogP contribution < -0.4 is 19.6 Å². The van der Waals surface area contributed by atoms with E-state index in [2.05, 4.69) is 4.99 Å². The largest absolute Gasteiger partial charge is 0.497 e. The van der Waals surface area contributed by atoms with E-state index in [1.807, 2.05) is 0 Å². The van der Waals surface area contributed by atoms with E-state index in [4.69, 9.17) is 13.9 Å². The van der Waals surface area contributed by atoms with Gasteiger partial charge in [-0.15, -0.1) is 0 Å². The maximum absolute atomic E-state index is 13.1. The third-order valence-corrected chi connectivity index (χ3v) is 6.02. The average molecular weight is 469 g/mol. The highest BCUT2D eigenvalue weighted by Crippen LogP contribution is 2.33. The third kappa shape index (κ3) is 4.10. The highest BCUT2D eigenvalue weighted by molar-refractivity contribution is 7.07. The van der Waals surface area contributed by atoms with Gasteiger partial charge in [0.05, 0.1) is 25.4 Å². The Morgan fingerprint density at radius 3 is 2.64 bits per heavy atom. The highest BCUT2D eigenvalue weighted by atomic mass is 32.1. The van der Waals surface area contributed by atoms with Crippen LogP contribution in [0.1, 0.15) is 31.2 Å². The molecular formula is C22H19N3O7S. The van der Waals surface area contributed by atoms with Crippen molar-refractivity contribution in [2.45, 2.75) is 19.9 Å². The summed E-state index contributed by atoms with van der Waals surface area (Å²) in [6, 6.07) is 9.08. The number of hydrogen-bond donors (Lipinski definition) is 0. The Balaban J connectivity index is 1.90. The average Bonchev–Trinajstić information content (AvgIpc) is 3.39. The molecule has 0 bridgehead atoms. The number of rotatable bonds is 6. The van der Waals surface area contributed by atoms with E-state index in [1.54, 1.807) is 45.2 Å². The highest BCUT2D eigenvalue weighted by Gasteiger charge is 2.31. The second-order valence-electron chi connectivity index (χ2n) is 6.99. The number of carbonyl (C=O) groups excluding carboxylic acids is 1. The maximum Gasteiger partial charge on any atom is 0.433 e. The molecule has 0 aliphatic carbocycles. The van der Waals surface area contributed by atoms with E-state index < -0.39 is 28.4 Å². The summed E-state index contributed by atoms with van der Waals surface area (Å²) in [7, 11) is 1.56. The first kappa shape index (κ1) is 22.2. The lowest BCUT2D eigenvalue weighted by atomic mass is 9.96. The fourth-order valence-electron chi connectivity index (χ4n) is 3.49. The molecule has 4 rings (SSSR count). The summed E-state index contributed by atoms with van der Waals surface area (Å²) in [6.07, 6.45) is 1.42. The van der Waals surface area contributed by atoms with Crippen LogP contribution in [0.15, 0.2) is 56.2 Å². The molecule has 0 radical (unpaired) electrons. The zero-order valence-corrected chi connectivity index (χ0v) is 18.8. The first-order chi connectivity index (χ1) is 15.8. The number of ether oxygens (including phenoxy) is 2. The molecule has 170 valence electrons. The lowest BCUT2D eigenvalue weighted by Crippen LogP contribution is -2.35. The van der Waals surface area contributed by atoms with Crippen molar-refractivity contribution in [3.63, 3.8) is 0 Å². The minimum absolute atomic E-state index is 0.164. The number of aromatic nitrogens is 1. The summed E-state index contributed by atoms with van der Waals surface area (Å²) in [5, 5.41) is 10.9. The van der Waals surface area contributed by atoms with E-state index in [-0.39, 0.29) is 22.5 Å². The molecule has 33 heavy (non-hydrogen) atoms. The zero-order valence-electron chi connectivity index (χ0n) is 17.9. The van der Waals surface area contributed by atoms with Crippen LogP contribution in [-0.2, 0) is 9.53 Å². The molecule has 0 saturated heterocycles. The van der Waals surface area contributed by atoms with Crippen molar-refractivity contribution >= 4 is 35.0 Å². The van der Waals surface area contributed by atoms with Gasteiger partial charge in [0.25, 0.3) is 5.56 Å². The van der Waals surface area contributed by atoms with Crippen molar-refractivity contribution in [3.8, 4) is 5.75 Å². The van der Waals surface area contributed by atoms with E-state index in [0.717, 1.165) is 16.9 Å². The van der Waals surface area contributed by atoms with Crippen molar-refractivity contribution in [3.05, 3.63) is 83.1 Å². The molecule has 3 heterocycles. The fourth-order valence-corrected chi connectivity index (χ4v) is 4.51. The second-order valence-corrected chi connectivity index (χ2v) is 8.00. The molecule has 1 aromatic carbocycles. The normalized spacial score (nSPS) is 15.7. The summed E-state index contributed by atoms with van der Waals surface area (Å²) < 4.78 is 17.2. The lowest BCUT2D eigenvalue weighted by molar-refractivity contribution is -0.402. The Morgan fingerprint density at radius 1 is 1.30 bits per heavy atom. The van der Waals surface area contributed by atoms with Crippen LogP contribution >= 0.6 is 11.3 Å². The molecule has 3 aromatic rings. The van der Waals surface area contributed by atoms with E-state index in [0.29, 0.717) is 16.2 Å². The third-order valence-electron chi connectivity index (χ3n) is 5.04. The Labute approximate surface area is 190 Å². The summed E-state index contributed by atoms with van der Waals surface area (Å²) in [5.41, 5.74) is 0.989. The van der Waals surface area contributed by atoms with Gasteiger partial charge in [-0.25, -0.2) is 9.79 Å². The van der Waals surface area contributed by atoms with Gasteiger partial charge in [-0.05, 0) is 37.6 Å². The Morgan fingerprint density at radius 2 is 2.03 bits per heavy atom. The number of allylic oxidation sites excluding steroid dienone is 1. The van der Waals surface area contributed by atoms with Gasteiger partial charge in [0.1, 0.15) is 27.0 Å². The van der Waals surface area contributed by atoms with E-state index >= 15 is 0 Å². The number of benzene rings is 1. The van der Waals surface area contributed by atoms with Crippen LogP contribution in [0.5, 0.6) is 5.75 Å². The monoisotopic (exact) mass is 469 g/mol. The zero-order chi connectivity index (χ0) is 23.7. The van der Waals surface area contributed by atoms with E-state index in [1.165, 1.54) is 22.8 Å². The Kier molecular flexibility index (Phi) is 5.97. The van der Waals surface area contributed by atoms with Gasteiger partial charge in [0, 0.05) is 11.8 Å². The second kappa shape index (κ2) is 8.87. The van der Waals surface area contributed by atoms with Gasteiger partial charge >= 0.3 is 11.9 Å². The van der Waals surface area contributed by atoms with Gasteiger partial charge in [-0.1, -0.05) is 23.5 Å². The molecule has 0 fully saturated rings. The number of thiazole rings is 1. The van der Waals surface area contributed by atoms with Gasteiger partial charge < -0.3 is 13.9 Å². The summed E-state index contributed by atoms with van der Waals surface area (Å²) in [6.45, 7) is 3.54. The number of nitro groups is 1. The number of esters is 1. The SMILES string of the molecule is CCOC(=O)C1=C(C)n2c(s/c(=C/c3ccc([N+](=O)[O-])o3)c2=O)=N[C@H]1c1ccc(OC)cc1. The molecule has 1 aliphatic heterocycles. The van der Waals surface area contributed by atoms with Crippen molar-refractivity contribution in [1.29, 1.82) is 0 Å². The number of carbonyl (C=O) groups is 1. The number of hydrogen-bond acceptors (Lipinski definition) is 9. The van der Waals surface area contributed by atoms with Crippen molar-refractivity contribution < 1.29 is 23.6 Å². The van der Waals surface area contributed by atoms with Crippen LogP contribution in [0.4, 0.5) is 5.88 Å². The predicted molar refractivity (Wildman–Crippen MR) is 120 cm³/mol. The van der Waals surface area contributed by atoms with Gasteiger partial charge in [0.15, 0.2) is 4.80 Å². The molecule has 0 unspecified atom stereocenters. The lowest BCUT2D eigenvalue weighted by Gasteiger charge is -2.22. The van der Waals surface area contributed by atoms with Crippen molar-refractivity contribution in [2.24, 2.45) is 4.99 Å². The van der Waals surface area contributed by atoms with Crippen molar-refractivity contribution in [2.75, 3.05) is 13.7 Å². The standard InChI is InChI=1S/C22H19N3O7S/c1-4-31-21(27)18-12(2)24-20(26)16(11-15-9-10-17(32-15)25(28)29)33-22(24)23-19(18)13-5-7-14(30-3)8-6-13/h5-11,19H,4H2,1-3H3/b16-11+/t19-/m0/s1. The van der Waals surface area contributed by atoms with Crippen LogP contribution in [0.3, 0.4) is 0 Å². The molecule has 0 N–H and O–H groups in total. The number of fused-ring (bicyclic) bond motifs is 1. The first-order valence-electron chi connectivity index (χ1n) is 9.92. The van der Waals surface area contributed by atoms with Crippen LogP contribution in [-0.4, -0.2) is 29.2 Å². The summed E-state index contributed by atoms with van der Waals surface area (Å²) in [4.78, 5) is 41.2. The minimum Gasteiger partial charge on any atom is -0.497 e. The summed E-state index contributed by atoms with van der Waals surface area (Å²) in [5.74, 6) is -0.162. The quantitative estimate of drug-likeness (QED) is 0.308. The molecule has 2 aromatic heterocycles. The van der Waals surface area contributed by atoms with Crippen molar-refractivity contribution in [1.82, 2.24) is 4.57 Å². The van der Waals surface area contributed by atoms with Gasteiger partial charge in [0.2, 0.25) is 0 Å². The summed E-state index contributed by atoms with van der Waals surface area (Å²) >= 11 is 1.10. The first-order valence-corrected chi connectivity index (χ1v) is 10.7. The maximum atomic E-state index is 13.1. The molecule has 1 aliphatic rings. The van der Waals surface area contributed by atoms with Crippen LogP contribution in [0.2, 0.25) is 0 Å².